The summed E-state index contributed by atoms with van der Waals surface area (Å²) in [4.78, 5) is 23.3. The summed E-state index contributed by atoms with van der Waals surface area (Å²) in [7, 11) is 0. The monoisotopic (exact) mass is 303 g/mol. The van der Waals surface area contributed by atoms with Crippen molar-refractivity contribution >= 4 is 22.8 Å². The van der Waals surface area contributed by atoms with Gasteiger partial charge >= 0.3 is 5.97 Å². The van der Waals surface area contributed by atoms with Crippen molar-refractivity contribution in [2.45, 2.75) is 33.8 Å². The highest BCUT2D eigenvalue weighted by molar-refractivity contribution is 5.82. The van der Waals surface area contributed by atoms with E-state index in [9.17, 15) is 9.59 Å². The van der Waals surface area contributed by atoms with Gasteiger partial charge in [0.05, 0.1) is 6.42 Å². The van der Waals surface area contributed by atoms with Crippen molar-refractivity contribution in [1.29, 1.82) is 0 Å². The molecule has 0 aliphatic rings. The van der Waals surface area contributed by atoms with Crippen molar-refractivity contribution in [1.82, 2.24) is 5.32 Å². The van der Waals surface area contributed by atoms with Crippen LogP contribution in [0.25, 0.3) is 11.0 Å². The van der Waals surface area contributed by atoms with Crippen LogP contribution >= 0.6 is 0 Å². The highest BCUT2D eigenvalue weighted by atomic mass is 16.5. The first-order valence-electron chi connectivity index (χ1n) is 7.27. The second kappa shape index (κ2) is 6.64. The largest absolute Gasteiger partial charge is 0.457 e. The highest BCUT2D eigenvalue weighted by Crippen LogP contribution is 2.19. The maximum atomic E-state index is 11.6. The van der Waals surface area contributed by atoms with Crippen molar-refractivity contribution in [2.75, 3.05) is 6.54 Å². The smallest absolute Gasteiger partial charge is 0.308 e. The van der Waals surface area contributed by atoms with Gasteiger partial charge in [-0.2, -0.15) is 0 Å². The number of fused-ring (bicyclic) bond motifs is 1. The number of hydrogen-bond donors (Lipinski definition) is 1. The molecular formula is C17H21NO4. The summed E-state index contributed by atoms with van der Waals surface area (Å²) >= 11 is 0. The van der Waals surface area contributed by atoms with E-state index in [1.807, 2.05) is 51.1 Å². The Balaban J connectivity index is 1.75. The van der Waals surface area contributed by atoms with Crippen LogP contribution in [0.5, 0.6) is 0 Å². The number of carbonyl (C=O) groups excluding carboxylic acids is 2. The molecule has 0 saturated heterocycles. The van der Waals surface area contributed by atoms with E-state index in [1.165, 1.54) is 0 Å². The van der Waals surface area contributed by atoms with Crippen LogP contribution in [0, 0.1) is 5.41 Å². The van der Waals surface area contributed by atoms with Crippen LogP contribution < -0.4 is 5.32 Å². The van der Waals surface area contributed by atoms with Gasteiger partial charge in [0.25, 0.3) is 0 Å². The Kier molecular flexibility index (Phi) is 4.85. The predicted octanol–water partition coefficient (Wildman–Crippen LogP) is 3.03. The first-order chi connectivity index (χ1) is 10.4. The van der Waals surface area contributed by atoms with E-state index >= 15 is 0 Å². The van der Waals surface area contributed by atoms with Gasteiger partial charge < -0.3 is 14.5 Å². The van der Waals surface area contributed by atoms with Gasteiger partial charge in [0.2, 0.25) is 5.91 Å². The molecule has 0 bridgehead atoms. The van der Waals surface area contributed by atoms with Crippen molar-refractivity contribution in [3.8, 4) is 0 Å². The Hall–Kier alpha value is -2.30. The molecule has 1 amide bonds. The number of ether oxygens (including phenoxy) is 1. The van der Waals surface area contributed by atoms with Crippen LogP contribution in [-0.4, -0.2) is 18.4 Å². The fourth-order valence-corrected chi connectivity index (χ4v) is 1.88. The molecule has 1 aromatic carbocycles. The number of furan rings is 1. The van der Waals surface area contributed by atoms with Crippen LogP contribution in [0.3, 0.4) is 0 Å². The number of carbonyl (C=O) groups is 2. The third-order valence-corrected chi connectivity index (χ3v) is 3.15. The van der Waals surface area contributed by atoms with Gasteiger partial charge in [-0.25, -0.2) is 0 Å². The number of para-hydroxylation sites is 1. The number of amides is 1. The van der Waals surface area contributed by atoms with Crippen LogP contribution in [0.2, 0.25) is 0 Å². The SMILES string of the molecule is CC(C)(C)C(=O)NCCC(=O)OCc1cc2ccccc2o1. The minimum Gasteiger partial charge on any atom is -0.457 e. The standard InChI is InChI=1S/C17H21NO4/c1-17(2,3)16(20)18-9-8-15(19)21-11-13-10-12-6-4-5-7-14(12)22-13/h4-7,10H,8-9,11H2,1-3H3,(H,18,20). The number of nitrogens with one attached hydrogen (secondary N) is 1. The Bertz CT molecular complexity index is 634. The van der Waals surface area contributed by atoms with Gasteiger partial charge in [-0.05, 0) is 12.1 Å². The lowest BCUT2D eigenvalue weighted by molar-refractivity contribution is -0.145. The molecule has 5 nitrogen and oxygen atoms in total. The van der Waals surface area contributed by atoms with Gasteiger partial charge in [0, 0.05) is 17.3 Å². The Morgan fingerprint density at radius 1 is 1.23 bits per heavy atom. The average molecular weight is 303 g/mol. The number of hydrogen-bond acceptors (Lipinski definition) is 4. The van der Waals surface area contributed by atoms with Gasteiger partial charge in [-0.1, -0.05) is 39.0 Å². The molecule has 2 rings (SSSR count). The third kappa shape index (κ3) is 4.35. The molecule has 2 aromatic rings. The number of benzene rings is 1. The lowest BCUT2D eigenvalue weighted by Gasteiger charge is -2.17. The summed E-state index contributed by atoms with van der Waals surface area (Å²) in [6.07, 6.45) is 0.141. The van der Waals surface area contributed by atoms with E-state index in [0.29, 0.717) is 5.76 Å². The highest BCUT2D eigenvalue weighted by Gasteiger charge is 2.20. The Morgan fingerprint density at radius 3 is 2.64 bits per heavy atom. The minimum atomic E-state index is -0.460. The first-order valence-corrected chi connectivity index (χ1v) is 7.27. The molecule has 118 valence electrons. The van der Waals surface area contributed by atoms with Crippen LogP contribution in [0.1, 0.15) is 33.0 Å². The molecule has 1 aromatic heterocycles. The van der Waals surface area contributed by atoms with Crippen LogP contribution in [0.4, 0.5) is 0 Å². The van der Waals surface area contributed by atoms with Crippen LogP contribution in [0.15, 0.2) is 34.7 Å². The fourth-order valence-electron chi connectivity index (χ4n) is 1.88. The summed E-state index contributed by atoms with van der Waals surface area (Å²) in [5.41, 5.74) is 0.309. The molecule has 22 heavy (non-hydrogen) atoms. The van der Waals surface area contributed by atoms with Crippen molar-refractivity contribution in [2.24, 2.45) is 5.41 Å². The van der Waals surface area contributed by atoms with Gasteiger partial charge in [-0.3, -0.25) is 9.59 Å². The Morgan fingerprint density at radius 2 is 1.95 bits per heavy atom. The maximum Gasteiger partial charge on any atom is 0.308 e. The quantitative estimate of drug-likeness (QED) is 0.862. The Labute approximate surface area is 129 Å². The molecule has 0 atom stereocenters. The second-order valence-electron chi connectivity index (χ2n) is 6.17. The molecule has 0 spiro atoms. The lowest BCUT2D eigenvalue weighted by atomic mass is 9.96. The van der Waals surface area contributed by atoms with Gasteiger partial charge in [-0.15, -0.1) is 0 Å². The molecule has 0 unspecified atom stereocenters. The molecule has 0 saturated carbocycles. The molecule has 0 radical (unpaired) electrons. The van der Waals surface area contributed by atoms with Crippen LogP contribution in [-0.2, 0) is 20.9 Å². The molecule has 1 N–H and O–H groups in total. The maximum absolute atomic E-state index is 11.6. The van der Waals surface area contributed by atoms with Crippen molar-refractivity contribution < 1.29 is 18.7 Å². The topological polar surface area (TPSA) is 68.5 Å². The molecule has 1 heterocycles. The summed E-state index contributed by atoms with van der Waals surface area (Å²) in [5, 5.41) is 3.69. The molecule has 0 aliphatic heterocycles. The molecular weight excluding hydrogens is 282 g/mol. The van der Waals surface area contributed by atoms with E-state index < -0.39 is 5.41 Å². The summed E-state index contributed by atoms with van der Waals surface area (Å²) in [5.74, 6) is 0.153. The zero-order valence-corrected chi connectivity index (χ0v) is 13.1. The summed E-state index contributed by atoms with van der Waals surface area (Å²) < 4.78 is 10.7. The second-order valence-corrected chi connectivity index (χ2v) is 6.17. The predicted molar refractivity (Wildman–Crippen MR) is 83.1 cm³/mol. The van der Waals surface area contributed by atoms with E-state index in [4.69, 9.17) is 9.15 Å². The molecule has 0 fully saturated rings. The number of esters is 1. The summed E-state index contributed by atoms with van der Waals surface area (Å²) in [6.45, 7) is 5.84. The van der Waals surface area contributed by atoms with Gasteiger partial charge in [0.1, 0.15) is 18.0 Å². The van der Waals surface area contributed by atoms with E-state index in [1.54, 1.807) is 0 Å². The molecule has 0 aliphatic carbocycles. The third-order valence-electron chi connectivity index (χ3n) is 3.15. The number of rotatable bonds is 5. The summed E-state index contributed by atoms with van der Waals surface area (Å²) in [6, 6.07) is 9.46. The average Bonchev–Trinajstić information content (AvgIpc) is 2.86. The van der Waals surface area contributed by atoms with Crippen molar-refractivity contribution in [3.63, 3.8) is 0 Å². The minimum absolute atomic E-state index is 0.0856. The zero-order valence-electron chi connectivity index (χ0n) is 13.1. The normalized spacial score (nSPS) is 11.4. The first kappa shape index (κ1) is 16.1. The van der Waals surface area contributed by atoms with E-state index in [2.05, 4.69) is 5.32 Å². The van der Waals surface area contributed by atoms with Gasteiger partial charge in [0.15, 0.2) is 0 Å². The lowest BCUT2D eigenvalue weighted by Crippen LogP contribution is -2.36. The molecule has 5 heteroatoms. The fraction of sp³-hybridized carbons (Fsp3) is 0.412. The zero-order chi connectivity index (χ0) is 16.2. The van der Waals surface area contributed by atoms with E-state index in [0.717, 1.165) is 11.0 Å². The van der Waals surface area contributed by atoms with Crippen molar-refractivity contribution in [3.05, 3.63) is 36.1 Å². The van der Waals surface area contributed by atoms with E-state index in [-0.39, 0.29) is 31.4 Å².